The summed E-state index contributed by atoms with van der Waals surface area (Å²) in [7, 11) is 0. The van der Waals surface area contributed by atoms with Crippen LogP contribution in [-0.2, 0) is 11.2 Å². The van der Waals surface area contributed by atoms with Crippen LogP contribution in [0.15, 0.2) is 0 Å². The Morgan fingerprint density at radius 1 is 1.17 bits per heavy atom. The van der Waals surface area contributed by atoms with Crippen molar-refractivity contribution in [3.05, 3.63) is 10.6 Å². The number of hydrogen-bond donors (Lipinski definition) is 2. The van der Waals surface area contributed by atoms with Crippen LogP contribution in [0.25, 0.3) is 0 Å². The molecule has 0 radical (unpaired) electrons. The van der Waals surface area contributed by atoms with Gasteiger partial charge < -0.3 is 10.6 Å². The minimum absolute atomic E-state index is 0.0460. The molecular weight excluding hydrogens is 322 g/mol. The number of thiazole rings is 1. The topological polar surface area (TPSA) is 71.1 Å². The van der Waals surface area contributed by atoms with E-state index >= 15 is 0 Å². The SMILES string of the molecule is O=C1NCCCc2nc(NC(=O)C34CC5CC(CC(C5)C3)C4)sc21. The number of hydrogen-bond acceptors (Lipinski definition) is 4. The highest BCUT2D eigenvalue weighted by molar-refractivity contribution is 7.17. The number of nitrogens with one attached hydrogen (secondary N) is 2. The minimum Gasteiger partial charge on any atom is -0.351 e. The van der Waals surface area contributed by atoms with Crippen molar-refractivity contribution in [2.45, 2.75) is 51.4 Å². The van der Waals surface area contributed by atoms with Gasteiger partial charge in [-0.15, -0.1) is 0 Å². The van der Waals surface area contributed by atoms with Gasteiger partial charge in [0, 0.05) is 6.54 Å². The number of aromatic nitrogens is 1. The quantitative estimate of drug-likeness (QED) is 0.866. The van der Waals surface area contributed by atoms with Crippen LogP contribution >= 0.6 is 11.3 Å². The van der Waals surface area contributed by atoms with E-state index in [2.05, 4.69) is 15.6 Å². The number of aryl methyl sites for hydroxylation is 1. The lowest BCUT2D eigenvalue weighted by Gasteiger charge is -2.55. The smallest absolute Gasteiger partial charge is 0.263 e. The van der Waals surface area contributed by atoms with Gasteiger partial charge in [0.05, 0.1) is 11.1 Å². The van der Waals surface area contributed by atoms with Gasteiger partial charge in [0.1, 0.15) is 4.88 Å². The fraction of sp³-hybridized carbons (Fsp3) is 0.722. The molecule has 5 nitrogen and oxygen atoms in total. The Balaban J connectivity index is 1.38. The first-order chi connectivity index (χ1) is 11.6. The third-order valence-electron chi connectivity index (χ3n) is 6.52. The summed E-state index contributed by atoms with van der Waals surface area (Å²) in [6, 6.07) is 0. The van der Waals surface area contributed by atoms with E-state index in [1.807, 2.05) is 0 Å². The Bertz CT molecular complexity index is 676. The highest BCUT2D eigenvalue weighted by Crippen LogP contribution is 2.60. The van der Waals surface area contributed by atoms with Gasteiger partial charge in [0.25, 0.3) is 5.91 Å². The van der Waals surface area contributed by atoms with Crippen molar-refractivity contribution < 1.29 is 9.59 Å². The molecule has 0 unspecified atom stereocenters. The number of carbonyl (C=O) groups is 2. The monoisotopic (exact) mass is 345 g/mol. The summed E-state index contributed by atoms with van der Waals surface area (Å²) in [5, 5.41) is 6.59. The van der Waals surface area contributed by atoms with Gasteiger partial charge >= 0.3 is 0 Å². The summed E-state index contributed by atoms with van der Waals surface area (Å²) in [6.07, 6.45) is 8.86. The maximum atomic E-state index is 13.1. The average Bonchev–Trinajstić information content (AvgIpc) is 2.85. The van der Waals surface area contributed by atoms with E-state index in [1.54, 1.807) is 0 Å². The van der Waals surface area contributed by atoms with Crippen LogP contribution in [0.4, 0.5) is 5.13 Å². The number of nitrogens with zero attached hydrogens (tertiary/aromatic N) is 1. The van der Waals surface area contributed by atoms with E-state index in [0.717, 1.165) is 55.6 Å². The summed E-state index contributed by atoms with van der Waals surface area (Å²) < 4.78 is 0. The van der Waals surface area contributed by atoms with Crippen LogP contribution in [0.3, 0.4) is 0 Å². The molecule has 0 atom stereocenters. The lowest BCUT2D eigenvalue weighted by molar-refractivity contribution is -0.140. The van der Waals surface area contributed by atoms with Gasteiger partial charge in [-0.2, -0.15) is 0 Å². The normalized spacial score (nSPS) is 36.8. The van der Waals surface area contributed by atoms with Crippen molar-refractivity contribution in [3.8, 4) is 0 Å². The van der Waals surface area contributed by atoms with Gasteiger partial charge in [0.15, 0.2) is 5.13 Å². The van der Waals surface area contributed by atoms with Crippen molar-refractivity contribution in [2.24, 2.45) is 23.2 Å². The zero-order valence-corrected chi connectivity index (χ0v) is 14.6. The summed E-state index contributed by atoms with van der Waals surface area (Å²) in [4.78, 5) is 30.4. The molecular formula is C18H23N3O2S. The third-order valence-corrected chi connectivity index (χ3v) is 7.53. The van der Waals surface area contributed by atoms with Crippen molar-refractivity contribution in [1.29, 1.82) is 0 Å². The molecule has 24 heavy (non-hydrogen) atoms. The molecule has 4 bridgehead atoms. The second-order valence-electron chi connectivity index (χ2n) is 8.31. The van der Waals surface area contributed by atoms with E-state index in [0.29, 0.717) is 16.6 Å². The van der Waals surface area contributed by atoms with Crippen LogP contribution in [0, 0.1) is 23.2 Å². The zero-order chi connectivity index (χ0) is 16.3. The number of rotatable bonds is 2. The number of carbonyl (C=O) groups excluding carboxylic acids is 2. The fourth-order valence-corrected chi connectivity index (χ4v) is 6.83. The molecule has 5 aliphatic rings. The van der Waals surface area contributed by atoms with Crippen molar-refractivity contribution in [3.63, 3.8) is 0 Å². The first-order valence-electron chi connectivity index (χ1n) is 9.21. The van der Waals surface area contributed by atoms with Gasteiger partial charge in [-0.25, -0.2) is 4.98 Å². The van der Waals surface area contributed by atoms with Gasteiger partial charge in [-0.05, 0) is 69.1 Å². The van der Waals surface area contributed by atoms with Crippen LogP contribution in [-0.4, -0.2) is 23.3 Å². The standard InChI is InChI=1S/C18H23N3O2S/c22-15-14-13(2-1-3-19-15)20-17(24-14)21-16(23)18-7-10-4-11(8-18)6-12(5-10)9-18/h10-12H,1-9H2,(H,19,22)(H,20,21,23). The predicted molar refractivity (Wildman–Crippen MR) is 92.0 cm³/mol. The molecule has 2 amide bonds. The Kier molecular flexibility index (Phi) is 3.27. The minimum atomic E-state index is -0.167. The molecule has 0 aromatic carbocycles. The lowest BCUT2D eigenvalue weighted by Crippen LogP contribution is -2.51. The van der Waals surface area contributed by atoms with Crippen LogP contribution in [0.5, 0.6) is 0 Å². The van der Waals surface area contributed by atoms with Gasteiger partial charge in [-0.3, -0.25) is 9.59 Å². The second-order valence-corrected chi connectivity index (χ2v) is 9.31. The molecule has 2 heterocycles. The molecule has 128 valence electrons. The molecule has 1 aliphatic heterocycles. The molecule has 6 heteroatoms. The van der Waals surface area contributed by atoms with E-state index in [-0.39, 0.29) is 17.2 Å². The summed E-state index contributed by atoms with van der Waals surface area (Å²) in [6.45, 7) is 0.705. The lowest BCUT2D eigenvalue weighted by atomic mass is 9.49. The first-order valence-corrected chi connectivity index (χ1v) is 10.0. The van der Waals surface area contributed by atoms with E-state index < -0.39 is 0 Å². The van der Waals surface area contributed by atoms with Crippen molar-refractivity contribution in [1.82, 2.24) is 10.3 Å². The third kappa shape index (κ3) is 2.30. The van der Waals surface area contributed by atoms with Crippen molar-refractivity contribution in [2.75, 3.05) is 11.9 Å². The predicted octanol–water partition coefficient (Wildman–Crippen LogP) is 2.97. The second kappa shape index (κ2) is 5.28. The van der Waals surface area contributed by atoms with Crippen LogP contribution in [0.1, 0.15) is 60.3 Å². The summed E-state index contributed by atoms with van der Waals surface area (Å²) >= 11 is 1.33. The molecule has 6 rings (SSSR count). The Morgan fingerprint density at radius 3 is 2.50 bits per heavy atom. The van der Waals surface area contributed by atoms with E-state index in [4.69, 9.17) is 0 Å². The van der Waals surface area contributed by atoms with E-state index in [1.165, 1.54) is 30.6 Å². The summed E-state index contributed by atoms with van der Waals surface area (Å²) in [5.74, 6) is 2.36. The van der Waals surface area contributed by atoms with Crippen LogP contribution < -0.4 is 10.6 Å². The molecule has 0 spiro atoms. The van der Waals surface area contributed by atoms with Crippen LogP contribution in [0.2, 0.25) is 0 Å². The zero-order valence-electron chi connectivity index (χ0n) is 13.8. The molecule has 4 aliphatic carbocycles. The molecule has 4 fully saturated rings. The molecule has 1 aromatic rings. The maximum Gasteiger partial charge on any atom is 0.263 e. The van der Waals surface area contributed by atoms with Gasteiger partial charge in [0.2, 0.25) is 5.91 Å². The number of anilines is 1. The number of fused-ring (bicyclic) bond motifs is 1. The molecule has 0 saturated heterocycles. The summed E-state index contributed by atoms with van der Waals surface area (Å²) in [5.41, 5.74) is 0.677. The Morgan fingerprint density at radius 2 is 1.83 bits per heavy atom. The first kappa shape index (κ1) is 14.9. The Labute approximate surface area is 145 Å². The molecule has 4 saturated carbocycles. The number of amides is 2. The van der Waals surface area contributed by atoms with Gasteiger partial charge in [-0.1, -0.05) is 11.3 Å². The molecule has 2 N–H and O–H groups in total. The maximum absolute atomic E-state index is 13.1. The fourth-order valence-electron chi connectivity index (χ4n) is 5.91. The van der Waals surface area contributed by atoms with E-state index in [9.17, 15) is 9.59 Å². The average molecular weight is 345 g/mol. The highest BCUT2D eigenvalue weighted by Gasteiger charge is 2.54. The molecule has 1 aromatic heterocycles. The largest absolute Gasteiger partial charge is 0.351 e. The Hall–Kier alpha value is -1.43. The van der Waals surface area contributed by atoms with Crippen molar-refractivity contribution >= 4 is 28.3 Å². The highest BCUT2D eigenvalue weighted by atomic mass is 32.1.